The van der Waals surface area contributed by atoms with E-state index < -0.39 is 0 Å². The molecule has 5 nitrogen and oxygen atoms in total. The number of pyridine rings is 2. The third-order valence-electron chi connectivity index (χ3n) is 7.72. The van der Waals surface area contributed by atoms with Crippen molar-refractivity contribution in [3.63, 3.8) is 0 Å². The molecule has 0 aliphatic heterocycles. The average molecular weight is 555 g/mol. The minimum Gasteiger partial charge on any atom is -0.439 e. The van der Waals surface area contributed by atoms with Crippen molar-refractivity contribution in [1.82, 2.24) is 14.4 Å². The molecule has 0 unspecified atom stereocenters. The monoisotopic (exact) mass is 554 g/mol. The van der Waals surface area contributed by atoms with Crippen molar-refractivity contribution in [3.8, 4) is 22.9 Å². The lowest BCUT2D eigenvalue weighted by molar-refractivity contribution is 0.463. The molecule has 0 amide bonds. The van der Waals surface area contributed by atoms with Crippen LogP contribution in [0.15, 0.2) is 158 Å². The van der Waals surface area contributed by atoms with Crippen LogP contribution in [0.1, 0.15) is 0 Å². The highest BCUT2D eigenvalue weighted by Gasteiger charge is 2.18. The first kappa shape index (κ1) is 24.8. The molecule has 8 aromatic rings. The van der Waals surface area contributed by atoms with Crippen LogP contribution in [0.5, 0.6) is 11.6 Å². The highest BCUT2D eigenvalue weighted by atomic mass is 16.5. The number of hydrogen-bond acceptors (Lipinski definition) is 4. The summed E-state index contributed by atoms with van der Waals surface area (Å²) >= 11 is 0. The smallest absolute Gasteiger partial charge is 0.219 e. The van der Waals surface area contributed by atoms with Crippen LogP contribution in [-0.4, -0.2) is 14.4 Å². The Morgan fingerprint density at radius 3 is 2.12 bits per heavy atom. The van der Waals surface area contributed by atoms with Crippen molar-refractivity contribution in [1.29, 1.82) is 0 Å². The second kappa shape index (κ2) is 10.5. The van der Waals surface area contributed by atoms with Crippen LogP contribution in [0.4, 0.5) is 17.1 Å². The average Bonchev–Trinajstić information content (AvgIpc) is 3.53. The number of imidazole rings is 1. The first-order valence-corrected chi connectivity index (χ1v) is 14.2. The number of rotatable bonds is 6. The molecule has 0 spiro atoms. The van der Waals surface area contributed by atoms with E-state index in [2.05, 4.69) is 111 Å². The van der Waals surface area contributed by atoms with Gasteiger partial charge < -0.3 is 9.64 Å². The molecule has 0 bridgehead atoms. The second-order valence-electron chi connectivity index (χ2n) is 10.4. The molecule has 204 valence electrons. The Morgan fingerprint density at radius 1 is 0.535 bits per heavy atom. The second-order valence-corrected chi connectivity index (χ2v) is 10.4. The van der Waals surface area contributed by atoms with Gasteiger partial charge in [-0.2, -0.15) is 0 Å². The quantitative estimate of drug-likeness (QED) is 0.192. The lowest BCUT2D eigenvalue weighted by Gasteiger charge is -2.26. The fraction of sp³-hybridized carbons (Fsp3) is 0. The van der Waals surface area contributed by atoms with Gasteiger partial charge in [0.2, 0.25) is 5.88 Å². The predicted molar refractivity (Wildman–Crippen MR) is 175 cm³/mol. The van der Waals surface area contributed by atoms with Crippen molar-refractivity contribution in [3.05, 3.63) is 158 Å². The Labute approximate surface area is 248 Å². The summed E-state index contributed by atoms with van der Waals surface area (Å²) < 4.78 is 8.39. The normalized spacial score (nSPS) is 11.3. The molecule has 0 aliphatic carbocycles. The van der Waals surface area contributed by atoms with E-state index in [9.17, 15) is 0 Å². The van der Waals surface area contributed by atoms with E-state index >= 15 is 0 Å². The fourth-order valence-electron chi connectivity index (χ4n) is 5.82. The molecule has 3 heterocycles. The van der Waals surface area contributed by atoms with Gasteiger partial charge in [-0.1, -0.05) is 84.9 Å². The van der Waals surface area contributed by atoms with E-state index in [4.69, 9.17) is 9.72 Å². The summed E-state index contributed by atoms with van der Waals surface area (Å²) in [6.07, 6.45) is 3.71. The van der Waals surface area contributed by atoms with Crippen LogP contribution in [0.3, 0.4) is 0 Å². The summed E-state index contributed by atoms with van der Waals surface area (Å²) in [6, 6.07) is 49.8. The summed E-state index contributed by atoms with van der Waals surface area (Å²) in [4.78, 5) is 11.6. The molecule has 0 N–H and O–H groups in total. The minimum atomic E-state index is 0.555. The molecule has 0 saturated heterocycles. The summed E-state index contributed by atoms with van der Waals surface area (Å²) in [5.74, 6) is 1.27. The van der Waals surface area contributed by atoms with Crippen LogP contribution < -0.4 is 9.64 Å². The van der Waals surface area contributed by atoms with Crippen molar-refractivity contribution >= 4 is 44.4 Å². The maximum absolute atomic E-state index is 6.11. The maximum Gasteiger partial charge on any atom is 0.219 e. The van der Waals surface area contributed by atoms with Crippen molar-refractivity contribution in [2.24, 2.45) is 0 Å². The molecular weight excluding hydrogens is 528 g/mol. The van der Waals surface area contributed by atoms with E-state index in [0.717, 1.165) is 50.3 Å². The summed E-state index contributed by atoms with van der Waals surface area (Å²) in [5, 5.41) is 3.43. The Balaban J connectivity index is 1.34. The van der Waals surface area contributed by atoms with E-state index in [-0.39, 0.29) is 0 Å². The van der Waals surface area contributed by atoms with Gasteiger partial charge in [0.15, 0.2) is 0 Å². The molecule has 8 rings (SSSR count). The van der Waals surface area contributed by atoms with E-state index in [1.54, 1.807) is 6.20 Å². The standard InChI is InChI=1S/C38H26N4O/c1-3-12-27(13-4-1)36-26-40-38-34-25-30(21-22-32(34)33-18-7-8-19-35(33)42(36)38)41(28-14-5-2-6-15-28)29-16-11-17-31(24-29)43-37-20-9-10-23-39-37/h1-26H. The Kier molecular flexibility index (Phi) is 6.05. The van der Waals surface area contributed by atoms with Gasteiger partial charge in [0.25, 0.3) is 0 Å². The predicted octanol–water partition coefficient (Wildman–Crippen LogP) is 9.96. The van der Waals surface area contributed by atoms with Crippen molar-refractivity contribution < 1.29 is 4.74 Å². The topological polar surface area (TPSA) is 42.7 Å². The fourth-order valence-corrected chi connectivity index (χ4v) is 5.82. The SMILES string of the molecule is c1ccc(-c2cnc3c4cc(N(c5ccccc5)c5cccc(Oc6ccccn6)c5)ccc4c4ccccc4n23)cc1. The van der Waals surface area contributed by atoms with Gasteiger partial charge in [0.05, 0.1) is 17.4 Å². The number of anilines is 3. The summed E-state index contributed by atoms with van der Waals surface area (Å²) in [7, 11) is 0. The largest absolute Gasteiger partial charge is 0.439 e. The molecule has 0 radical (unpaired) electrons. The summed E-state index contributed by atoms with van der Waals surface area (Å²) in [6.45, 7) is 0. The molecule has 0 fully saturated rings. The Bertz CT molecular complexity index is 2210. The first-order valence-electron chi connectivity index (χ1n) is 14.2. The summed E-state index contributed by atoms with van der Waals surface area (Å²) in [5.41, 5.74) is 7.30. The number of nitrogens with zero attached hydrogens (tertiary/aromatic N) is 4. The molecular formula is C38H26N4O. The van der Waals surface area contributed by atoms with Crippen LogP contribution >= 0.6 is 0 Å². The zero-order valence-electron chi connectivity index (χ0n) is 23.2. The molecule has 0 atom stereocenters. The van der Waals surface area contributed by atoms with Gasteiger partial charge in [-0.25, -0.2) is 9.97 Å². The third-order valence-corrected chi connectivity index (χ3v) is 7.72. The number of aromatic nitrogens is 3. The number of para-hydroxylation sites is 2. The van der Waals surface area contributed by atoms with Crippen molar-refractivity contribution in [2.45, 2.75) is 0 Å². The highest BCUT2D eigenvalue weighted by Crippen LogP contribution is 2.40. The van der Waals surface area contributed by atoms with E-state index in [1.807, 2.05) is 54.7 Å². The number of benzene rings is 5. The number of hydrogen-bond donors (Lipinski definition) is 0. The zero-order valence-corrected chi connectivity index (χ0v) is 23.2. The van der Waals surface area contributed by atoms with Crippen LogP contribution in [0, 0.1) is 0 Å². The van der Waals surface area contributed by atoms with E-state index in [0.29, 0.717) is 11.6 Å². The van der Waals surface area contributed by atoms with Gasteiger partial charge in [-0.3, -0.25) is 4.40 Å². The van der Waals surface area contributed by atoms with Gasteiger partial charge in [-0.15, -0.1) is 0 Å². The maximum atomic E-state index is 6.11. The Morgan fingerprint density at radius 2 is 1.28 bits per heavy atom. The van der Waals surface area contributed by atoms with E-state index in [1.165, 1.54) is 5.39 Å². The number of fused-ring (bicyclic) bond motifs is 6. The molecule has 43 heavy (non-hydrogen) atoms. The zero-order chi connectivity index (χ0) is 28.6. The molecule has 5 aromatic carbocycles. The Hall–Kier alpha value is -5.94. The number of ether oxygens (including phenoxy) is 1. The molecule has 3 aromatic heterocycles. The first-order chi connectivity index (χ1) is 21.3. The van der Waals surface area contributed by atoms with Crippen molar-refractivity contribution in [2.75, 3.05) is 4.90 Å². The lowest BCUT2D eigenvalue weighted by atomic mass is 10.0. The van der Waals surface area contributed by atoms with Crippen LogP contribution in [-0.2, 0) is 0 Å². The lowest BCUT2D eigenvalue weighted by Crippen LogP contribution is -2.10. The van der Waals surface area contributed by atoms with Crippen LogP contribution in [0.2, 0.25) is 0 Å². The molecule has 0 aliphatic rings. The molecule has 0 saturated carbocycles. The highest BCUT2D eigenvalue weighted by molar-refractivity contribution is 6.13. The van der Waals surface area contributed by atoms with Gasteiger partial charge in [0.1, 0.15) is 11.4 Å². The molecule has 5 heteroatoms. The third kappa shape index (κ3) is 4.44. The van der Waals surface area contributed by atoms with Crippen LogP contribution in [0.25, 0.3) is 38.6 Å². The van der Waals surface area contributed by atoms with Gasteiger partial charge >= 0.3 is 0 Å². The van der Waals surface area contributed by atoms with Gasteiger partial charge in [0, 0.05) is 51.7 Å². The van der Waals surface area contributed by atoms with Gasteiger partial charge in [-0.05, 0) is 53.9 Å². The minimum absolute atomic E-state index is 0.555.